The maximum Gasteiger partial charge on any atom is 0.221 e. The number of hydrogen-bond donors (Lipinski definition) is 4. The van der Waals surface area contributed by atoms with E-state index in [4.69, 9.17) is 5.73 Å². The van der Waals surface area contributed by atoms with Crippen molar-refractivity contribution in [3.05, 3.63) is 0 Å². The highest BCUT2D eigenvalue weighted by Gasteiger charge is 2.49. The monoisotopic (exact) mass is 327 g/mol. The quantitative estimate of drug-likeness (QED) is 0.593. The van der Waals surface area contributed by atoms with Crippen LogP contribution in [0.1, 0.15) is 38.5 Å². The second-order valence-electron chi connectivity index (χ2n) is 6.69. The predicted molar refractivity (Wildman–Crippen MR) is 86.5 cm³/mol. The van der Waals surface area contributed by atoms with Crippen molar-refractivity contribution in [1.29, 1.82) is 0 Å². The highest BCUT2D eigenvalue weighted by atomic mass is 32.2. The Morgan fingerprint density at radius 3 is 2.73 bits per heavy atom. The Bertz CT molecular complexity index is 453. The van der Waals surface area contributed by atoms with Gasteiger partial charge in [-0.3, -0.25) is 9.79 Å². The van der Waals surface area contributed by atoms with E-state index in [1.807, 2.05) is 0 Å². The third-order valence-electron chi connectivity index (χ3n) is 5.12. The fourth-order valence-corrected chi connectivity index (χ4v) is 5.16. The highest BCUT2D eigenvalue weighted by molar-refractivity contribution is 8.14. The fourth-order valence-electron chi connectivity index (χ4n) is 3.78. The molecule has 1 heterocycles. The van der Waals surface area contributed by atoms with Crippen LogP contribution in [-0.2, 0) is 4.79 Å². The molecule has 0 bridgehead atoms. The number of fused-ring (bicyclic) bond motifs is 1. The summed E-state index contributed by atoms with van der Waals surface area (Å²) in [4.78, 5) is 16.1. The highest BCUT2D eigenvalue weighted by Crippen LogP contribution is 2.40. The standard InChI is InChI=1S/C15H25N3O3S/c16-14(21)9-6-10(19)12(20)11-13(9)22-15(18-11)17-7-8-4-2-1-3-5-8/h8-13,19-20H,1-7H2,(H2,16,21)(H,17,18)/t9-,10+,11-,12-,13+/m0/s1. The molecule has 1 aliphatic heterocycles. The largest absolute Gasteiger partial charge is 0.390 e. The zero-order valence-electron chi connectivity index (χ0n) is 12.6. The molecular formula is C15H25N3O3S. The number of carbonyl (C=O) groups is 1. The molecule has 3 rings (SSSR count). The molecule has 1 amide bonds. The van der Waals surface area contributed by atoms with Gasteiger partial charge in [0.15, 0.2) is 5.17 Å². The van der Waals surface area contributed by atoms with Crippen LogP contribution in [0.5, 0.6) is 0 Å². The lowest BCUT2D eigenvalue weighted by Crippen LogP contribution is -2.53. The topological polar surface area (TPSA) is 108 Å². The number of nitrogens with zero attached hydrogens (tertiary/aromatic N) is 1. The van der Waals surface area contributed by atoms with Crippen LogP contribution < -0.4 is 11.1 Å². The molecule has 6 nitrogen and oxygen atoms in total. The van der Waals surface area contributed by atoms with Crippen molar-refractivity contribution < 1.29 is 15.0 Å². The number of rotatable bonds is 3. The predicted octanol–water partition coefficient (Wildman–Crippen LogP) is 0.223. The van der Waals surface area contributed by atoms with Gasteiger partial charge in [-0.15, -0.1) is 0 Å². The van der Waals surface area contributed by atoms with Crippen molar-refractivity contribution in [1.82, 2.24) is 5.32 Å². The van der Waals surface area contributed by atoms with E-state index in [2.05, 4.69) is 10.3 Å². The van der Waals surface area contributed by atoms with Gasteiger partial charge in [0.05, 0.1) is 18.1 Å². The van der Waals surface area contributed by atoms with Crippen molar-refractivity contribution in [2.45, 2.75) is 62.0 Å². The van der Waals surface area contributed by atoms with Crippen molar-refractivity contribution in [3.8, 4) is 0 Å². The van der Waals surface area contributed by atoms with Gasteiger partial charge in [-0.25, -0.2) is 0 Å². The molecule has 0 unspecified atom stereocenters. The van der Waals surface area contributed by atoms with Crippen LogP contribution in [0.2, 0.25) is 0 Å². The number of hydrogen-bond acceptors (Lipinski definition) is 6. The van der Waals surface area contributed by atoms with Crippen LogP contribution in [0.3, 0.4) is 0 Å². The van der Waals surface area contributed by atoms with E-state index in [1.54, 1.807) is 0 Å². The number of aliphatic imine (C=N–C) groups is 1. The number of amidine groups is 1. The van der Waals surface area contributed by atoms with E-state index in [0.717, 1.165) is 11.7 Å². The molecule has 0 aromatic heterocycles. The zero-order chi connectivity index (χ0) is 15.7. The lowest BCUT2D eigenvalue weighted by atomic mass is 9.81. The third-order valence-corrected chi connectivity index (χ3v) is 6.47. The molecule has 5 N–H and O–H groups in total. The van der Waals surface area contributed by atoms with Crippen LogP contribution in [-0.4, -0.2) is 51.3 Å². The van der Waals surface area contributed by atoms with Gasteiger partial charge in [0, 0.05) is 11.8 Å². The van der Waals surface area contributed by atoms with Crippen LogP contribution >= 0.6 is 11.8 Å². The van der Waals surface area contributed by atoms with Gasteiger partial charge in [0.2, 0.25) is 5.91 Å². The summed E-state index contributed by atoms with van der Waals surface area (Å²) in [6.45, 7) is 0.894. The summed E-state index contributed by atoms with van der Waals surface area (Å²) < 4.78 is 0. The average molecular weight is 327 g/mol. The molecule has 0 saturated heterocycles. The van der Waals surface area contributed by atoms with Gasteiger partial charge >= 0.3 is 0 Å². The van der Waals surface area contributed by atoms with Gasteiger partial charge in [0.25, 0.3) is 0 Å². The zero-order valence-corrected chi connectivity index (χ0v) is 13.5. The Morgan fingerprint density at radius 1 is 1.32 bits per heavy atom. The summed E-state index contributed by atoms with van der Waals surface area (Å²) in [5.74, 6) is -0.176. The van der Waals surface area contributed by atoms with E-state index in [1.165, 1.54) is 43.9 Å². The number of amides is 1. The number of nitrogens with one attached hydrogen (secondary N) is 1. The minimum atomic E-state index is -0.930. The molecule has 0 spiro atoms. The van der Waals surface area contributed by atoms with Crippen molar-refractivity contribution >= 4 is 22.8 Å². The van der Waals surface area contributed by atoms with Crippen LogP contribution in [0.15, 0.2) is 4.99 Å². The molecule has 5 atom stereocenters. The van der Waals surface area contributed by atoms with E-state index in [9.17, 15) is 15.0 Å². The number of thioether (sulfide) groups is 1. The SMILES string of the molecule is NC(=O)[C@H]1C[C@@H](O)[C@H](O)[C@@H]2N=C(NCC3CCCCC3)S[C@@H]21. The molecule has 3 aliphatic rings. The maximum absolute atomic E-state index is 11.6. The molecule has 22 heavy (non-hydrogen) atoms. The number of carbonyl (C=O) groups excluding carboxylic acids is 1. The minimum Gasteiger partial charge on any atom is -0.390 e. The van der Waals surface area contributed by atoms with Crippen LogP contribution in [0.4, 0.5) is 0 Å². The fraction of sp³-hybridized carbons (Fsp3) is 0.867. The number of primary amides is 1. The Morgan fingerprint density at radius 2 is 2.05 bits per heavy atom. The van der Waals surface area contributed by atoms with Gasteiger partial charge < -0.3 is 21.3 Å². The summed E-state index contributed by atoms with van der Waals surface area (Å²) in [6.07, 6.45) is 4.81. The molecular weight excluding hydrogens is 302 g/mol. The smallest absolute Gasteiger partial charge is 0.221 e. The summed E-state index contributed by atoms with van der Waals surface area (Å²) >= 11 is 1.49. The first-order valence-corrected chi connectivity index (χ1v) is 9.08. The Hall–Kier alpha value is -0.790. The minimum absolute atomic E-state index is 0.162. The number of aliphatic hydroxyl groups is 2. The molecule has 2 aliphatic carbocycles. The van der Waals surface area contributed by atoms with Crippen molar-refractivity contribution in [2.24, 2.45) is 22.6 Å². The second kappa shape index (κ2) is 6.76. The summed E-state index contributed by atoms with van der Waals surface area (Å²) in [5.41, 5.74) is 5.45. The van der Waals surface area contributed by atoms with Crippen LogP contribution in [0.25, 0.3) is 0 Å². The summed E-state index contributed by atoms with van der Waals surface area (Å²) in [6, 6.07) is -0.444. The lowest BCUT2D eigenvalue weighted by Gasteiger charge is -2.36. The van der Waals surface area contributed by atoms with Crippen LogP contribution in [0, 0.1) is 11.8 Å². The average Bonchev–Trinajstić information content (AvgIpc) is 2.94. The van der Waals surface area contributed by atoms with E-state index in [-0.39, 0.29) is 11.7 Å². The lowest BCUT2D eigenvalue weighted by molar-refractivity contribution is -0.126. The number of nitrogens with two attached hydrogens (primary N) is 1. The Labute approximate surface area is 134 Å². The van der Waals surface area contributed by atoms with E-state index in [0.29, 0.717) is 5.92 Å². The van der Waals surface area contributed by atoms with Gasteiger partial charge in [-0.1, -0.05) is 31.0 Å². The first-order chi connectivity index (χ1) is 10.6. The molecule has 2 saturated carbocycles. The maximum atomic E-state index is 11.6. The molecule has 7 heteroatoms. The van der Waals surface area contributed by atoms with Gasteiger partial charge in [-0.2, -0.15) is 0 Å². The second-order valence-corrected chi connectivity index (χ2v) is 7.86. The summed E-state index contributed by atoms with van der Waals surface area (Å²) in [7, 11) is 0. The van der Waals surface area contributed by atoms with Gasteiger partial charge in [0.1, 0.15) is 6.10 Å². The third kappa shape index (κ3) is 3.26. The first kappa shape index (κ1) is 16.1. The van der Waals surface area contributed by atoms with Gasteiger partial charge in [-0.05, 0) is 25.2 Å². The number of aliphatic hydroxyl groups excluding tert-OH is 2. The van der Waals surface area contributed by atoms with Crippen molar-refractivity contribution in [3.63, 3.8) is 0 Å². The Kier molecular flexibility index (Phi) is 4.94. The summed E-state index contributed by atoms with van der Waals surface area (Å²) in [5, 5.41) is 24.0. The van der Waals surface area contributed by atoms with E-state index >= 15 is 0 Å². The molecule has 0 aromatic rings. The molecule has 0 radical (unpaired) electrons. The normalized spacial score (nSPS) is 39.2. The van der Waals surface area contributed by atoms with E-state index < -0.39 is 30.1 Å². The molecule has 2 fully saturated rings. The van der Waals surface area contributed by atoms with Crippen molar-refractivity contribution in [2.75, 3.05) is 6.54 Å². The molecule has 124 valence electrons. The Balaban J connectivity index is 1.61. The first-order valence-electron chi connectivity index (χ1n) is 8.20. The molecule has 0 aromatic carbocycles.